The number of hydrogen-bond donors (Lipinski definition) is 1. The van der Waals surface area contributed by atoms with Gasteiger partial charge in [-0.05, 0) is 25.8 Å². The van der Waals surface area contributed by atoms with E-state index in [1.54, 1.807) is 7.11 Å². The highest BCUT2D eigenvalue weighted by Gasteiger charge is 2.15. The molecule has 1 aromatic rings. The normalized spacial score (nSPS) is 18.1. The average molecular weight is 293 g/mol. The number of hydrogen-bond acceptors (Lipinski definition) is 4. The fourth-order valence-electron chi connectivity index (χ4n) is 2.56. The zero-order chi connectivity index (χ0) is 14.9. The Morgan fingerprint density at radius 2 is 2.24 bits per heavy atom. The highest BCUT2D eigenvalue weighted by atomic mass is 16.5. The molecule has 1 aliphatic rings. The lowest BCUT2D eigenvalue weighted by atomic mass is 10.1. The number of benzene rings is 1. The van der Waals surface area contributed by atoms with Crippen molar-refractivity contribution >= 4 is 0 Å². The first kappa shape index (κ1) is 16.3. The molecule has 1 N–H and O–H groups in total. The molecule has 4 heteroatoms. The highest BCUT2D eigenvalue weighted by Crippen LogP contribution is 2.21. The summed E-state index contributed by atoms with van der Waals surface area (Å²) in [6.07, 6.45) is 3.72. The Balaban J connectivity index is 1.81. The maximum absolute atomic E-state index is 5.96. The molecule has 0 bridgehead atoms. The maximum Gasteiger partial charge on any atom is 0.123 e. The van der Waals surface area contributed by atoms with Crippen molar-refractivity contribution < 1.29 is 14.2 Å². The molecule has 1 saturated heterocycles. The maximum atomic E-state index is 5.96. The van der Waals surface area contributed by atoms with Gasteiger partial charge >= 0.3 is 0 Å². The Hall–Kier alpha value is -1.10. The topological polar surface area (TPSA) is 39.7 Å². The van der Waals surface area contributed by atoms with Gasteiger partial charge in [-0.2, -0.15) is 0 Å². The monoisotopic (exact) mass is 293 g/mol. The fraction of sp³-hybridized carbons (Fsp3) is 0.647. The Labute approximate surface area is 127 Å². The van der Waals surface area contributed by atoms with E-state index in [0.717, 1.165) is 45.1 Å². The first-order valence-corrected chi connectivity index (χ1v) is 7.83. The lowest BCUT2D eigenvalue weighted by molar-refractivity contribution is 0.0902. The summed E-state index contributed by atoms with van der Waals surface area (Å²) in [5.41, 5.74) is 2.46. The number of rotatable bonds is 9. The Morgan fingerprint density at radius 3 is 3.00 bits per heavy atom. The van der Waals surface area contributed by atoms with Crippen LogP contribution in [0.1, 0.15) is 30.4 Å². The van der Waals surface area contributed by atoms with Gasteiger partial charge in [0.2, 0.25) is 0 Å². The Morgan fingerprint density at radius 1 is 1.33 bits per heavy atom. The van der Waals surface area contributed by atoms with E-state index in [1.165, 1.54) is 24.0 Å². The molecule has 0 aliphatic carbocycles. The van der Waals surface area contributed by atoms with E-state index < -0.39 is 0 Å². The van der Waals surface area contributed by atoms with Crippen LogP contribution in [0.5, 0.6) is 5.75 Å². The van der Waals surface area contributed by atoms with Gasteiger partial charge in [0.05, 0.1) is 19.3 Å². The minimum Gasteiger partial charge on any atom is -0.493 e. The van der Waals surface area contributed by atoms with Crippen LogP contribution in [0.4, 0.5) is 0 Å². The van der Waals surface area contributed by atoms with Crippen molar-refractivity contribution in [1.82, 2.24) is 5.32 Å². The van der Waals surface area contributed by atoms with Crippen LogP contribution in [-0.2, 0) is 16.0 Å². The smallest absolute Gasteiger partial charge is 0.123 e. The summed E-state index contributed by atoms with van der Waals surface area (Å²) in [5, 5.41) is 3.37. The summed E-state index contributed by atoms with van der Waals surface area (Å²) in [5.74, 6) is 0.975. The largest absolute Gasteiger partial charge is 0.493 e. The van der Waals surface area contributed by atoms with Gasteiger partial charge in [-0.15, -0.1) is 0 Å². The quantitative estimate of drug-likeness (QED) is 0.711. The average Bonchev–Trinajstić information content (AvgIpc) is 2.99. The standard InChI is InChI=1S/C17H27NO3/c1-14-5-6-17(15(12-14)13-18-8-11-19-2)21-10-7-16-4-3-9-20-16/h5-6,12,16,18H,3-4,7-11,13H2,1-2H3. The third-order valence-corrected chi connectivity index (χ3v) is 3.74. The van der Waals surface area contributed by atoms with Gasteiger partial charge < -0.3 is 19.5 Å². The lowest BCUT2D eigenvalue weighted by Gasteiger charge is -2.15. The number of ether oxygens (including phenoxy) is 3. The molecule has 0 aromatic heterocycles. The first-order valence-electron chi connectivity index (χ1n) is 7.83. The van der Waals surface area contributed by atoms with Crippen LogP contribution in [0, 0.1) is 6.92 Å². The second-order valence-corrected chi connectivity index (χ2v) is 5.55. The number of aryl methyl sites for hydroxylation is 1. The summed E-state index contributed by atoms with van der Waals surface area (Å²) in [4.78, 5) is 0. The van der Waals surface area contributed by atoms with E-state index in [0.29, 0.717) is 6.10 Å². The molecule has 1 aromatic carbocycles. The van der Waals surface area contributed by atoms with Crippen molar-refractivity contribution in [2.24, 2.45) is 0 Å². The third-order valence-electron chi connectivity index (χ3n) is 3.74. The van der Waals surface area contributed by atoms with Gasteiger partial charge in [0.1, 0.15) is 5.75 Å². The predicted molar refractivity (Wildman–Crippen MR) is 83.8 cm³/mol. The summed E-state index contributed by atoms with van der Waals surface area (Å²) in [7, 11) is 1.72. The van der Waals surface area contributed by atoms with E-state index in [-0.39, 0.29) is 0 Å². The Bertz CT molecular complexity index is 416. The van der Waals surface area contributed by atoms with Crippen LogP contribution in [0.2, 0.25) is 0 Å². The van der Waals surface area contributed by atoms with Crippen LogP contribution in [-0.4, -0.2) is 39.6 Å². The molecular formula is C17H27NO3. The predicted octanol–water partition coefficient (Wildman–Crippen LogP) is 2.68. The zero-order valence-electron chi connectivity index (χ0n) is 13.2. The first-order chi connectivity index (χ1) is 10.3. The summed E-state index contributed by atoms with van der Waals surface area (Å²) in [6.45, 7) is 6.11. The van der Waals surface area contributed by atoms with Crippen molar-refractivity contribution in [3.05, 3.63) is 29.3 Å². The van der Waals surface area contributed by atoms with E-state index >= 15 is 0 Å². The summed E-state index contributed by atoms with van der Waals surface area (Å²) < 4.78 is 16.6. The molecule has 1 atom stereocenters. The van der Waals surface area contributed by atoms with Crippen molar-refractivity contribution in [2.75, 3.05) is 33.5 Å². The van der Waals surface area contributed by atoms with E-state index in [9.17, 15) is 0 Å². The molecule has 118 valence electrons. The molecule has 21 heavy (non-hydrogen) atoms. The van der Waals surface area contributed by atoms with Crippen LogP contribution < -0.4 is 10.1 Å². The zero-order valence-corrected chi connectivity index (χ0v) is 13.2. The molecule has 1 fully saturated rings. The fourth-order valence-corrected chi connectivity index (χ4v) is 2.56. The molecule has 0 radical (unpaired) electrons. The number of methoxy groups -OCH3 is 1. The summed E-state index contributed by atoms with van der Waals surface area (Å²) in [6, 6.07) is 6.35. The molecule has 1 heterocycles. The van der Waals surface area contributed by atoms with Crippen molar-refractivity contribution in [3.63, 3.8) is 0 Å². The number of nitrogens with one attached hydrogen (secondary N) is 1. The second-order valence-electron chi connectivity index (χ2n) is 5.55. The van der Waals surface area contributed by atoms with E-state index in [4.69, 9.17) is 14.2 Å². The van der Waals surface area contributed by atoms with Gasteiger partial charge in [-0.1, -0.05) is 17.7 Å². The van der Waals surface area contributed by atoms with E-state index in [1.807, 2.05) is 0 Å². The molecule has 0 amide bonds. The van der Waals surface area contributed by atoms with Gasteiger partial charge in [0.15, 0.2) is 0 Å². The summed E-state index contributed by atoms with van der Waals surface area (Å²) >= 11 is 0. The van der Waals surface area contributed by atoms with Crippen LogP contribution in [0.25, 0.3) is 0 Å². The molecular weight excluding hydrogens is 266 g/mol. The third kappa shape index (κ3) is 5.65. The molecule has 1 unspecified atom stereocenters. The highest BCUT2D eigenvalue weighted by molar-refractivity contribution is 5.36. The van der Waals surface area contributed by atoms with Gasteiger partial charge in [0.25, 0.3) is 0 Å². The minimum absolute atomic E-state index is 0.388. The van der Waals surface area contributed by atoms with E-state index in [2.05, 4.69) is 30.4 Å². The van der Waals surface area contributed by atoms with Gasteiger partial charge in [0, 0.05) is 38.8 Å². The minimum atomic E-state index is 0.388. The second kappa shape index (κ2) is 9.03. The van der Waals surface area contributed by atoms with Crippen LogP contribution in [0.15, 0.2) is 18.2 Å². The molecule has 2 rings (SSSR count). The van der Waals surface area contributed by atoms with Crippen molar-refractivity contribution in [2.45, 2.75) is 38.8 Å². The Kier molecular flexibility index (Phi) is 7.00. The SMILES string of the molecule is COCCNCc1cc(C)ccc1OCCC1CCCO1. The van der Waals surface area contributed by atoms with Crippen molar-refractivity contribution in [3.8, 4) is 5.75 Å². The van der Waals surface area contributed by atoms with Crippen LogP contribution >= 0.6 is 0 Å². The van der Waals surface area contributed by atoms with Crippen LogP contribution in [0.3, 0.4) is 0 Å². The van der Waals surface area contributed by atoms with Gasteiger partial charge in [-0.25, -0.2) is 0 Å². The molecule has 4 nitrogen and oxygen atoms in total. The van der Waals surface area contributed by atoms with Gasteiger partial charge in [-0.3, -0.25) is 0 Å². The molecule has 0 saturated carbocycles. The molecule has 1 aliphatic heterocycles. The lowest BCUT2D eigenvalue weighted by Crippen LogP contribution is -2.19. The molecule has 0 spiro atoms. The van der Waals surface area contributed by atoms with Crippen molar-refractivity contribution in [1.29, 1.82) is 0 Å².